The summed E-state index contributed by atoms with van der Waals surface area (Å²) in [6.45, 7) is 0.498. The minimum absolute atomic E-state index is 0.0319. The number of ether oxygens (including phenoxy) is 1. The van der Waals surface area contributed by atoms with Gasteiger partial charge in [0.25, 0.3) is 0 Å². The molecule has 1 amide bonds. The predicted molar refractivity (Wildman–Crippen MR) is 88.4 cm³/mol. The highest BCUT2D eigenvalue weighted by molar-refractivity contribution is 9.10. The zero-order chi connectivity index (χ0) is 15.1. The molecule has 2 aromatic carbocycles. The molecule has 0 spiro atoms. The first-order chi connectivity index (χ1) is 10.1. The van der Waals surface area contributed by atoms with Gasteiger partial charge in [-0.25, -0.2) is 0 Å². The first-order valence-electron chi connectivity index (χ1n) is 6.68. The highest BCUT2D eigenvalue weighted by Gasteiger charge is 2.03. The summed E-state index contributed by atoms with van der Waals surface area (Å²) in [5.74, 6) is 0.756. The fourth-order valence-electron chi connectivity index (χ4n) is 1.77. The summed E-state index contributed by atoms with van der Waals surface area (Å²) in [5.41, 5.74) is 7.02. The fourth-order valence-corrected chi connectivity index (χ4v) is 2.17. The molecule has 110 valence electrons. The molecule has 0 atom stereocenters. The minimum Gasteiger partial charge on any atom is -0.492 e. The highest BCUT2D eigenvalue weighted by atomic mass is 79.9. The van der Waals surface area contributed by atoms with Gasteiger partial charge in [-0.2, -0.15) is 0 Å². The minimum atomic E-state index is -0.0319. The normalized spacial score (nSPS) is 10.1. The number of rotatable bonds is 6. The van der Waals surface area contributed by atoms with Gasteiger partial charge in [0.05, 0.1) is 11.1 Å². The average molecular weight is 349 g/mol. The van der Waals surface area contributed by atoms with Crippen molar-refractivity contribution in [3.05, 3.63) is 53.0 Å². The van der Waals surface area contributed by atoms with Crippen molar-refractivity contribution in [2.45, 2.75) is 12.8 Å². The van der Waals surface area contributed by atoms with E-state index >= 15 is 0 Å². The second kappa shape index (κ2) is 7.69. The molecule has 0 radical (unpaired) electrons. The first-order valence-corrected chi connectivity index (χ1v) is 7.47. The van der Waals surface area contributed by atoms with Gasteiger partial charge < -0.3 is 15.8 Å². The van der Waals surface area contributed by atoms with Crippen molar-refractivity contribution in [3.63, 3.8) is 0 Å². The molecule has 0 unspecified atom stereocenters. The van der Waals surface area contributed by atoms with Gasteiger partial charge in [0.1, 0.15) is 5.75 Å². The number of carbonyl (C=O) groups excluding carboxylic acids is 1. The third-order valence-corrected chi connectivity index (χ3v) is 3.49. The van der Waals surface area contributed by atoms with E-state index < -0.39 is 0 Å². The molecule has 0 saturated heterocycles. The smallest absolute Gasteiger partial charge is 0.224 e. The molecule has 0 saturated carbocycles. The van der Waals surface area contributed by atoms with Crippen LogP contribution < -0.4 is 15.8 Å². The van der Waals surface area contributed by atoms with E-state index in [-0.39, 0.29) is 5.91 Å². The Hall–Kier alpha value is -2.01. The Labute approximate surface area is 132 Å². The Balaban J connectivity index is 1.70. The SMILES string of the molecule is Nc1ccc(NC(=O)CCCOc2ccccc2Br)cc1. The lowest BCUT2D eigenvalue weighted by atomic mass is 10.2. The van der Waals surface area contributed by atoms with Crippen LogP contribution in [-0.2, 0) is 4.79 Å². The Morgan fingerprint density at radius 3 is 2.57 bits per heavy atom. The number of hydrogen-bond acceptors (Lipinski definition) is 3. The fraction of sp³-hybridized carbons (Fsp3) is 0.188. The Kier molecular flexibility index (Phi) is 5.63. The summed E-state index contributed by atoms with van der Waals surface area (Å²) in [4.78, 5) is 11.8. The van der Waals surface area contributed by atoms with E-state index in [1.165, 1.54) is 0 Å². The molecule has 0 aliphatic heterocycles. The van der Waals surface area contributed by atoms with Crippen LogP contribution in [0, 0.1) is 0 Å². The van der Waals surface area contributed by atoms with Gasteiger partial charge in [-0.1, -0.05) is 12.1 Å². The molecule has 0 aliphatic carbocycles. The van der Waals surface area contributed by atoms with Gasteiger partial charge in [0.15, 0.2) is 0 Å². The lowest BCUT2D eigenvalue weighted by Gasteiger charge is -2.08. The number of carbonyl (C=O) groups is 1. The third-order valence-electron chi connectivity index (χ3n) is 2.84. The van der Waals surface area contributed by atoms with Crippen LogP contribution in [0.2, 0.25) is 0 Å². The zero-order valence-corrected chi connectivity index (χ0v) is 13.1. The summed E-state index contributed by atoms with van der Waals surface area (Å²) in [7, 11) is 0. The van der Waals surface area contributed by atoms with Crippen LogP contribution in [0.5, 0.6) is 5.75 Å². The maximum atomic E-state index is 11.8. The molecule has 21 heavy (non-hydrogen) atoms. The number of nitrogens with one attached hydrogen (secondary N) is 1. The van der Waals surface area contributed by atoms with Gasteiger partial charge in [0.2, 0.25) is 5.91 Å². The molecule has 3 N–H and O–H groups in total. The quantitative estimate of drug-likeness (QED) is 0.615. The van der Waals surface area contributed by atoms with Crippen molar-refractivity contribution in [1.82, 2.24) is 0 Å². The van der Waals surface area contributed by atoms with E-state index in [4.69, 9.17) is 10.5 Å². The van der Waals surface area contributed by atoms with Crippen LogP contribution in [-0.4, -0.2) is 12.5 Å². The number of amides is 1. The van der Waals surface area contributed by atoms with Gasteiger partial charge in [-0.05, 0) is 58.7 Å². The maximum absolute atomic E-state index is 11.8. The molecule has 2 aromatic rings. The number of anilines is 2. The van der Waals surface area contributed by atoms with E-state index in [1.54, 1.807) is 24.3 Å². The predicted octanol–water partition coefficient (Wildman–Crippen LogP) is 3.83. The standard InChI is InChI=1S/C16H17BrN2O2/c17-14-4-1-2-5-15(14)21-11-3-6-16(20)19-13-9-7-12(18)8-10-13/h1-2,4-5,7-10H,3,6,11,18H2,(H,19,20). The maximum Gasteiger partial charge on any atom is 0.224 e. The van der Waals surface area contributed by atoms with Crippen molar-refractivity contribution in [2.24, 2.45) is 0 Å². The number of hydrogen-bond donors (Lipinski definition) is 2. The summed E-state index contributed by atoms with van der Waals surface area (Å²) >= 11 is 3.41. The molecule has 0 bridgehead atoms. The van der Waals surface area contributed by atoms with Gasteiger partial charge in [-0.15, -0.1) is 0 Å². The van der Waals surface area contributed by atoms with E-state index in [9.17, 15) is 4.79 Å². The van der Waals surface area contributed by atoms with Crippen LogP contribution in [0.3, 0.4) is 0 Å². The van der Waals surface area contributed by atoms with Crippen molar-refractivity contribution in [2.75, 3.05) is 17.7 Å². The second-order valence-electron chi connectivity index (χ2n) is 4.55. The molecule has 0 fully saturated rings. The molecular formula is C16H17BrN2O2. The molecule has 0 aromatic heterocycles. The Bertz CT molecular complexity index is 599. The molecule has 0 heterocycles. The Morgan fingerprint density at radius 2 is 1.86 bits per heavy atom. The average Bonchev–Trinajstić information content (AvgIpc) is 2.48. The number of nitrogens with two attached hydrogens (primary N) is 1. The molecule has 5 heteroatoms. The largest absolute Gasteiger partial charge is 0.492 e. The third kappa shape index (κ3) is 5.11. The van der Waals surface area contributed by atoms with Crippen molar-refractivity contribution in [1.29, 1.82) is 0 Å². The number of benzene rings is 2. The van der Waals surface area contributed by atoms with Crippen molar-refractivity contribution >= 4 is 33.2 Å². The van der Waals surface area contributed by atoms with Crippen LogP contribution >= 0.6 is 15.9 Å². The lowest BCUT2D eigenvalue weighted by Crippen LogP contribution is -2.12. The summed E-state index contributed by atoms with van der Waals surface area (Å²) in [6, 6.07) is 14.7. The number of para-hydroxylation sites is 1. The molecule has 0 aliphatic rings. The highest BCUT2D eigenvalue weighted by Crippen LogP contribution is 2.23. The topological polar surface area (TPSA) is 64.3 Å². The molecular weight excluding hydrogens is 332 g/mol. The lowest BCUT2D eigenvalue weighted by molar-refractivity contribution is -0.116. The van der Waals surface area contributed by atoms with Gasteiger partial charge >= 0.3 is 0 Å². The number of nitrogen functional groups attached to an aromatic ring is 1. The van der Waals surface area contributed by atoms with Gasteiger partial charge in [-0.3, -0.25) is 4.79 Å². The van der Waals surface area contributed by atoms with Crippen LogP contribution in [0.25, 0.3) is 0 Å². The van der Waals surface area contributed by atoms with Crippen molar-refractivity contribution in [3.8, 4) is 5.75 Å². The zero-order valence-electron chi connectivity index (χ0n) is 11.5. The monoisotopic (exact) mass is 348 g/mol. The van der Waals surface area contributed by atoms with E-state index in [0.717, 1.165) is 15.9 Å². The summed E-state index contributed by atoms with van der Waals surface area (Å²) in [5, 5.41) is 2.82. The van der Waals surface area contributed by atoms with Gasteiger partial charge in [0, 0.05) is 17.8 Å². The van der Waals surface area contributed by atoms with E-state index in [2.05, 4.69) is 21.2 Å². The van der Waals surface area contributed by atoms with E-state index in [1.807, 2.05) is 24.3 Å². The van der Waals surface area contributed by atoms with Crippen molar-refractivity contribution < 1.29 is 9.53 Å². The molecule has 2 rings (SSSR count). The summed E-state index contributed by atoms with van der Waals surface area (Å²) < 4.78 is 6.52. The van der Waals surface area contributed by atoms with E-state index in [0.29, 0.717) is 25.1 Å². The second-order valence-corrected chi connectivity index (χ2v) is 5.41. The van der Waals surface area contributed by atoms with Crippen LogP contribution in [0.15, 0.2) is 53.0 Å². The first kappa shape index (κ1) is 15.4. The Morgan fingerprint density at radius 1 is 1.14 bits per heavy atom. The number of halogens is 1. The summed E-state index contributed by atoms with van der Waals surface area (Å²) in [6.07, 6.45) is 1.07. The van der Waals surface area contributed by atoms with Crippen LogP contribution in [0.4, 0.5) is 11.4 Å². The van der Waals surface area contributed by atoms with Crippen LogP contribution in [0.1, 0.15) is 12.8 Å². The molecule has 4 nitrogen and oxygen atoms in total.